The van der Waals surface area contributed by atoms with Crippen molar-refractivity contribution in [2.45, 2.75) is 6.92 Å². The molecule has 0 spiro atoms. The van der Waals surface area contributed by atoms with E-state index in [4.69, 9.17) is 23.2 Å². The fourth-order valence-electron chi connectivity index (χ4n) is 2.74. The average Bonchev–Trinajstić information content (AvgIpc) is 2.64. The Labute approximate surface area is 166 Å². The Hall–Kier alpha value is -2.89. The average molecular weight is 396 g/mol. The van der Waals surface area contributed by atoms with Gasteiger partial charge in [-0.1, -0.05) is 41.4 Å². The van der Waals surface area contributed by atoms with Crippen molar-refractivity contribution in [3.8, 4) is 0 Å². The molecule has 0 saturated heterocycles. The molecule has 0 bridgehead atoms. The number of halogens is 2. The Balaban J connectivity index is 1.66. The summed E-state index contributed by atoms with van der Waals surface area (Å²) in [6.07, 6.45) is 1.76. The second-order valence-corrected chi connectivity index (χ2v) is 6.82. The van der Waals surface area contributed by atoms with Crippen molar-refractivity contribution in [3.05, 3.63) is 76.5 Å². The topological polar surface area (TPSA) is 62.7 Å². The minimum Gasteiger partial charge on any atom is -0.339 e. The van der Waals surface area contributed by atoms with E-state index in [9.17, 15) is 0 Å². The molecule has 7 heteroatoms. The van der Waals surface area contributed by atoms with E-state index in [-0.39, 0.29) is 0 Å². The first-order chi connectivity index (χ1) is 13.1. The van der Waals surface area contributed by atoms with Gasteiger partial charge in [-0.05, 0) is 37.3 Å². The summed E-state index contributed by atoms with van der Waals surface area (Å²) in [6, 6.07) is 17.0. The molecule has 0 amide bonds. The molecule has 2 N–H and O–H groups in total. The van der Waals surface area contributed by atoms with Crippen LogP contribution in [0, 0.1) is 6.92 Å². The predicted molar refractivity (Wildman–Crippen MR) is 112 cm³/mol. The van der Waals surface area contributed by atoms with Gasteiger partial charge in [-0.3, -0.25) is 4.98 Å². The zero-order valence-corrected chi connectivity index (χ0v) is 15.9. The number of para-hydroxylation sites is 1. The monoisotopic (exact) mass is 395 g/mol. The third-order valence-electron chi connectivity index (χ3n) is 3.93. The van der Waals surface area contributed by atoms with Gasteiger partial charge in [0.15, 0.2) is 0 Å². The molecule has 0 unspecified atom stereocenters. The standard InChI is InChI=1S/C20H15Cl2N5/c1-12-10-18(25-16-8-7-14(21)11-15(16)22)27-20(24-12)26-17-6-2-4-13-5-3-9-23-19(13)17/h2-11H,1H3,(H2,24,25,26,27). The van der Waals surface area contributed by atoms with Crippen molar-refractivity contribution in [2.24, 2.45) is 0 Å². The zero-order chi connectivity index (χ0) is 18.8. The summed E-state index contributed by atoms with van der Waals surface area (Å²) in [5.74, 6) is 1.10. The van der Waals surface area contributed by atoms with Gasteiger partial charge in [0.05, 0.1) is 21.9 Å². The van der Waals surface area contributed by atoms with Gasteiger partial charge in [-0.15, -0.1) is 0 Å². The molecule has 4 aromatic rings. The van der Waals surface area contributed by atoms with Crippen molar-refractivity contribution >= 4 is 57.2 Å². The van der Waals surface area contributed by atoms with Crippen LogP contribution in [0.3, 0.4) is 0 Å². The van der Waals surface area contributed by atoms with E-state index in [0.29, 0.717) is 21.8 Å². The minimum absolute atomic E-state index is 0.473. The minimum atomic E-state index is 0.473. The molecular weight excluding hydrogens is 381 g/mol. The highest BCUT2D eigenvalue weighted by molar-refractivity contribution is 6.36. The summed E-state index contributed by atoms with van der Waals surface area (Å²) in [5.41, 5.74) is 3.24. The van der Waals surface area contributed by atoms with Crippen LogP contribution in [-0.4, -0.2) is 15.0 Å². The molecule has 0 atom stereocenters. The van der Waals surface area contributed by atoms with E-state index < -0.39 is 0 Å². The maximum absolute atomic E-state index is 6.24. The maximum atomic E-state index is 6.24. The second-order valence-electron chi connectivity index (χ2n) is 5.97. The summed E-state index contributed by atoms with van der Waals surface area (Å²) in [6.45, 7) is 1.91. The number of nitrogens with zero attached hydrogens (tertiary/aromatic N) is 3. The normalized spacial score (nSPS) is 10.8. The van der Waals surface area contributed by atoms with Crippen molar-refractivity contribution < 1.29 is 0 Å². The first-order valence-corrected chi connectivity index (χ1v) is 9.02. The molecular formula is C20H15Cl2N5. The third-order valence-corrected chi connectivity index (χ3v) is 4.48. The molecule has 2 aromatic carbocycles. The number of aromatic nitrogens is 3. The Morgan fingerprint density at radius 2 is 1.70 bits per heavy atom. The quantitative estimate of drug-likeness (QED) is 0.435. The molecule has 0 fully saturated rings. The van der Waals surface area contributed by atoms with Crippen LogP contribution >= 0.6 is 23.2 Å². The molecule has 2 aromatic heterocycles. The molecule has 0 radical (unpaired) electrons. The third kappa shape index (κ3) is 3.94. The van der Waals surface area contributed by atoms with E-state index in [2.05, 4.69) is 25.6 Å². The highest BCUT2D eigenvalue weighted by Crippen LogP contribution is 2.29. The Kier molecular flexibility index (Phi) is 4.79. The Morgan fingerprint density at radius 3 is 2.56 bits per heavy atom. The predicted octanol–water partition coefficient (Wildman–Crippen LogP) is 6.13. The van der Waals surface area contributed by atoms with E-state index in [1.807, 2.05) is 49.4 Å². The van der Waals surface area contributed by atoms with Crippen LogP contribution in [0.15, 0.2) is 60.8 Å². The Morgan fingerprint density at radius 1 is 0.852 bits per heavy atom. The van der Waals surface area contributed by atoms with Gasteiger partial charge < -0.3 is 10.6 Å². The largest absolute Gasteiger partial charge is 0.339 e. The first kappa shape index (κ1) is 17.5. The van der Waals surface area contributed by atoms with E-state index in [0.717, 1.165) is 28.0 Å². The van der Waals surface area contributed by atoms with Gasteiger partial charge in [-0.25, -0.2) is 4.98 Å². The number of pyridine rings is 1. The van der Waals surface area contributed by atoms with Gasteiger partial charge in [0.1, 0.15) is 5.82 Å². The smallest absolute Gasteiger partial charge is 0.229 e. The lowest BCUT2D eigenvalue weighted by Crippen LogP contribution is -2.03. The van der Waals surface area contributed by atoms with Crippen LogP contribution in [-0.2, 0) is 0 Å². The molecule has 0 aliphatic rings. The highest BCUT2D eigenvalue weighted by Gasteiger charge is 2.08. The molecule has 0 aliphatic heterocycles. The van der Waals surface area contributed by atoms with Crippen LogP contribution in [0.4, 0.5) is 23.1 Å². The van der Waals surface area contributed by atoms with Gasteiger partial charge >= 0.3 is 0 Å². The Bertz CT molecular complexity index is 1130. The van der Waals surface area contributed by atoms with Crippen LogP contribution < -0.4 is 10.6 Å². The van der Waals surface area contributed by atoms with Crippen molar-refractivity contribution in [1.29, 1.82) is 0 Å². The number of aryl methyl sites for hydroxylation is 1. The number of hydrogen-bond donors (Lipinski definition) is 2. The molecule has 0 saturated carbocycles. The van der Waals surface area contributed by atoms with Crippen molar-refractivity contribution in [3.63, 3.8) is 0 Å². The van der Waals surface area contributed by atoms with E-state index in [1.54, 1.807) is 18.3 Å². The summed E-state index contributed by atoms with van der Waals surface area (Å²) in [4.78, 5) is 13.5. The molecule has 134 valence electrons. The number of rotatable bonds is 4. The lowest BCUT2D eigenvalue weighted by molar-refractivity contribution is 1.11. The van der Waals surface area contributed by atoms with Crippen LogP contribution in [0.5, 0.6) is 0 Å². The van der Waals surface area contributed by atoms with Gasteiger partial charge in [0, 0.05) is 28.4 Å². The molecule has 27 heavy (non-hydrogen) atoms. The highest BCUT2D eigenvalue weighted by atomic mass is 35.5. The first-order valence-electron chi connectivity index (χ1n) is 8.27. The summed E-state index contributed by atoms with van der Waals surface area (Å²) < 4.78 is 0. The number of fused-ring (bicyclic) bond motifs is 1. The molecule has 4 rings (SSSR count). The van der Waals surface area contributed by atoms with E-state index >= 15 is 0 Å². The number of nitrogens with one attached hydrogen (secondary N) is 2. The molecule has 0 aliphatic carbocycles. The van der Waals surface area contributed by atoms with Crippen LogP contribution in [0.2, 0.25) is 10.0 Å². The fourth-order valence-corrected chi connectivity index (χ4v) is 3.20. The van der Waals surface area contributed by atoms with Crippen LogP contribution in [0.1, 0.15) is 5.69 Å². The fraction of sp³-hybridized carbons (Fsp3) is 0.0500. The lowest BCUT2D eigenvalue weighted by Gasteiger charge is -2.12. The maximum Gasteiger partial charge on any atom is 0.229 e. The lowest BCUT2D eigenvalue weighted by atomic mass is 10.2. The van der Waals surface area contributed by atoms with E-state index in [1.165, 1.54) is 0 Å². The van der Waals surface area contributed by atoms with Crippen molar-refractivity contribution in [2.75, 3.05) is 10.6 Å². The van der Waals surface area contributed by atoms with Crippen molar-refractivity contribution in [1.82, 2.24) is 15.0 Å². The summed E-state index contributed by atoms with van der Waals surface area (Å²) in [5, 5.41) is 8.61. The van der Waals surface area contributed by atoms with Crippen LogP contribution in [0.25, 0.3) is 10.9 Å². The molecule has 2 heterocycles. The summed E-state index contributed by atoms with van der Waals surface area (Å²) >= 11 is 12.2. The second kappa shape index (κ2) is 7.39. The van der Waals surface area contributed by atoms with Gasteiger partial charge in [0.2, 0.25) is 5.95 Å². The van der Waals surface area contributed by atoms with Gasteiger partial charge in [0.25, 0.3) is 0 Å². The number of anilines is 4. The number of hydrogen-bond acceptors (Lipinski definition) is 5. The SMILES string of the molecule is Cc1cc(Nc2ccc(Cl)cc2Cl)nc(Nc2cccc3cccnc23)n1. The zero-order valence-electron chi connectivity index (χ0n) is 14.4. The molecule has 5 nitrogen and oxygen atoms in total. The van der Waals surface area contributed by atoms with Gasteiger partial charge in [-0.2, -0.15) is 4.98 Å². The summed E-state index contributed by atoms with van der Waals surface area (Å²) in [7, 11) is 0. The number of benzene rings is 2.